The van der Waals surface area contributed by atoms with Crippen molar-refractivity contribution in [1.29, 1.82) is 0 Å². The minimum absolute atomic E-state index is 0.0233. The molecule has 0 saturated carbocycles. The fourth-order valence-corrected chi connectivity index (χ4v) is 1.44. The van der Waals surface area contributed by atoms with E-state index in [1.54, 1.807) is 19.2 Å². The van der Waals surface area contributed by atoms with E-state index in [4.69, 9.17) is 9.84 Å². The number of rotatable bonds is 8. The van der Waals surface area contributed by atoms with Gasteiger partial charge in [-0.2, -0.15) is 0 Å². The molecule has 1 rings (SSSR count). The number of aromatic hydroxyl groups is 1. The van der Waals surface area contributed by atoms with Crippen molar-refractivity contribution in [3.05, 3.63) is 29.8 Å². The third-order valence-corrected chi connectivity index (χ3v) is 2.40. The second-order valence-electron chi connectivity index (χ2n) is 3.97. The van der Waals surface area contributed by atoms with Crippen LogP contribution < -0.4 is 10.6 Å². The molecule has 0 unspecified atom stereocenters. The van der Waals surface area contributed by atoms with Crippen LogP contribution in [0.3, 0.4) is 0 Å². The molecule has 100 valence electrons. The summed E-state index contributed by atoms with van der Waals surface area (Å²) in [5, 5.41) is 14.9. The second kappa shape index (κ2) is 8.49. The number of phenols is 1. The lowest BCUT2D eigenvalue weighted by Crippen LogP contribution is -2.34. The first kappa shape index (κ1) is 14.5. The molecule has 0 saturated heterocycles. The highest BCUT2D eigenvalue weighted by atomic mass is 16.5. The first-order valence-corrected chi connectivity index (χ1v) is 5.96. The highest BCUT2D eigenvalue weighted by Gasteiger charge is 2.00. The molecule has 0 aliphatic carbocycles. The molecule has 0 fully saturated rings. The Morgan fingerprint density at radius 2 is 2.06 bits per heavy atom. The van der Waals surface area contributed by atoms with Crippen LogP contribution in [0.2, 0.25) is 0 Å². The normalized spacial score (nSPS) is 10.3. The van der Waals surface area contributed by atoms with E-state index in [2.05, 4.69) is 10.6 Å². The summed E-state index contributed by atoms with van der Waals surface area (Å²) in [4.78, 5) is 11.4. The Labute approximate surface area is 107 Å². The largest absolute Gasteiger partial charge is 0.508 e. The molecule has 0 aliphatic heterocycles. The summed E-state index contributed by atoms with van der Waals surface area (Å²) in [6, 6.07) is 6.89. The fraction of sp³-hybridized carbons (Fsp3) is 0.462. The molecule has 0 spiro atoms. The summed E-state index contributed by atoms with van der Waals surface area (Å²) in [6.07, 6.45) is 0.820. The van der Waals surface area contributed by atoms with Gasteiger partial charge in [-0.15, -0.1) is 0 Å². The van der Waals surface area contributed by atoms with Crippen LogP contribution >= 0.6 is 0 Å². The van der Waals surface area contributed by atoms with E-state index in [-0.39, 0.29) is 18.2 Å². The van der Waals surface area contributed by atoms with Crippen LogP contribution in [-0.2, 0) is 16.1 Å². The van der Waals surface area contributed by atoms with Crippen LogP contribution in [0.5, 0.6) is 5.75 Å². The molecule has 5 nitrogen and oxygen atoms in total. The standard InChI is InChI=1S/C13H20N2O3/c1-18-8-2-7-15-13(17)10-14-9-11-3-5-12(16)6-4-11/h3-6,14,16H,2,7-10H2,1H3,(H,15,17). The van der Waals surface area contributed by atoms with E-state index in [9.17, 15) is 4.79 Å². The third kappa shape index (κ3) is 6.22. The maximum absolute atomic E-state index is 11.4. The summed E-state index contributed by atoms with van der Waals surface area (Å²) in [5.74, 6) is 0.222. The van der Waals surface area contributed by atoms with Crippen LogP contribution in [0.1, 0.15) is 12.0 Å². The molecule has 0 radical (unpaired) electrons. The number of ether oxygens (including phenoxy) is 1. The van der Waals surface area contributed by atoms with Gasteiger partial charge in [0.1, 0.15) is 5.75 Å². The smallest absolute Gasteiger partial charge is 0.233 e. The zero-order valence-electron chi connectivity index (χ0n) is 10.6. The molecule has 5 heteroatoms. The number of hydrogen-bond donors (Lipinski definition) is 3. The number of hydrogen-bond acceptors (Lipinski definition) is 4. The summed E-state index contributed by atoms with van der Waals surface area (Å²) in [7, 11) is 1.64. The Bertz CT molecular complexity index is 352. The number of benzene rings is 1. The Balaban J connectivity index is 2.10. The Morgan fingerprint density at radius 1 is 1.33 bits per heavy atom. The van der Waals surface area contributed by atoms with Crippen molar-refractivity contribution in [1.82, 2.24) is 10.6 Å². The summed E-state index contributed by atoms with van der Waals surface area (Å²) in [6.45, 7) is 2.18. The van der Waals surface area contributed by atoms with Crippen molar-refractivity contribution in [3.8, 4) is 5.75 Å². The maximum atomic E-state index is 11.4. The molecular formula is C13H20N2O3. The van der Waals surface area contributed by atoms with Crippen LogP contribution in [0, 0.1) is 0 Å². The van der Waals surface area contributed by atoms with Gasteiger partial charge < -0.3 is 20.5 Å². The summed E-state index contributed by atoms with van der Waals surface area (Å²) >= 11 is 0. The minimum atomic E-state index is -0.0233. The lowest BCUT2D eigenvalue weighted by Gasteiger charge is -2.06. The predicted molar refractivity (Wildman–Crippen MR) is 69.3 cm³/mol. The molecular weight excluding hydrogens is 232 g/mol. The van der Waals surface area contributed by atoms with Gasteiger partial charge in [0.2, 0.25) is 5.91 Å². The lowest BCUT2D eigenvalue weighted by atomic mass is 10.2. The average Bonchev–Trinajstić information content (AvgIpc) is 2.37. The summed E-state index contributed by atoms with van der Waals surface area (Å²) in [5.41, 5.74) is 1.03. The third-order valence-electron chi connectivity index (χ3n) is 2.40. The van der Waals surface area contributed by atoms with Gasteiger partial charge in [-0.3, -0.25) is 4.79 Å². The topological polar surface area (TPSA) is 70.6 Å². The monoisotopic (exact) mass is 252 g/mol. The van der Waals surface area contributed by atoms with E-state index in [1.807, 2.05) is 12.1 Å². The van der Waals surface area contributed by atoms with Gasteiger partial charge in [0, 0.05) is 26.8 Å². The molecule has 0 aliphatic rings. The lowest BCUT2D eigenvalue weighted by molar-refractivity contribution is -0.120. The quantitative estimate of drug-likeness (QED) is 0.594. The highest BCUT2D eigenvalue weighted by Crippen LogP contribution is 2.08. The van der Waals surface area contributed by atoms with E-state index >= 15 is 0 Å². The maximum Gasteiger partial charge on any atom is 0.233 e. The zero-order chi connectivity index (χ0) is 13.2. The van der Waals surface area contributed by atoms with Crippen molar-refractivity contribution < 1.29 is 14.6 Å². The number of amides is 1. The summed E-state index contributed by atoms with van der Waals surface area (Å²) < 4.78 is 4.88. The highest BCUT2D eigenvalue weighted by molar-refractivity contribution is 5.77. The van der Waals surface area contributed by atoms with Gasteiger partial charge in [0.25, 0.3) is 0 Å². The second-order valence-corrected chi connectivity index (χ2v) is 3.97. The first-order valence-electron chi connectivity index (χ1n) is 5.96. The predicted octanol–water partition coefficient (Wildman–Crippen LogP) is 0.635. The zero-order valence-corrected chi connectivity index (χ0v) is 10.6. The molecule has 1 amide bonds. The van der Waals surface area contributed by atoms with Gasteiger partial charge in [-0.1, -0.05) is 12.1 Å². The van der Waals surface area contributed by atoms with Crippen molar-refractivity contribution in [3.63, 3.8) is 0 Å². The van der Waals surface area contributed by atoms with Crippen LogP contribution in [0.4, 0.5) is 0 Å². The van der Waals surface area contributed by atoms with E-state index in [0.717, 1.165) is 12.0 Å². The molecule has 18 heavy (non-hydrogen) atoms. The molecule has 0 atom stereocenters. The Kier molecular flexibility index (Phi) is 6.83. The number of phenolic OH excluding ortho intramolecular Hbond substituents is 1. The first-order chi connectivity index (χ1) is 8.72. The van der Waals surface area contributed by atoms with Crippen LogP contribution in [0.25, 0.3) is 0 Å². The molecule has 1 aromatic carbocycles. The minimum Gasteiger partial charge on any atom is -0.508 e. The number of methoxy groups -OCH3 is 1. The van der Waals surface area contributed by atoms with E-state index in [1.165, 1.54) is 0 Å². The molecule has 0 bridgehead atoms. The van der Waals surface area contributed by atoms with Gasteiger partial charge in [-0.25, -0.2) is 0 Å². The van der Waals surface area contributed by atoms with Crippen molar-refractivity contribution in [2.24, 2.45) is 0 Å². The van der Waals surface area contributed by atoms with E-state index < -0.39 is 0 Å². The van der Waals surface area contributed by atoms with Crippen molar-refractivity contribution in [2.75, 3.05) is 26.8 Å². The average molecular weight is 252 g/mol. The number of carbonyl (C=O) groups is 1. The molecule has 1 aromatic rings. The van der Waals surface area contributed by atoms with Crippen LogP contribution in [0.15, 0.2) is 24.3 Å². The van der Waals surface area contributed by atoms with Gasteiger partial charge in [0.05, 0.1) is 6.54 Å². The Hall–Kier alpha value is -1.59. The van der Waals surface area contributed by atoms with Crippen LogP contribution in [-0.4, -0.2) is 37.8 Å². The number of carbonyl (C=O) groups excluding carboxylic acids is 1. The van der Waals surface area contributed by atoms with Crippen molar-refractivity contribution in [2.45, 2.75) is 13.0 Å². The number of nitrogens with one attached hydrogen (secondary N) is 2. The van der Waals surface area contributed by atoms with Gasteiger partial charge in [0.15, 0.2) is 0 Å². The Morgan fingerprint density at radius 3 is 2.72 bits per heavy atom. The molecule has 0 aromatic heterocycles. The van der Waals surface area contributed by atoms with Crippen molar-refractivity contribution >= 4 is 5.91 Å². The van der Waals surface area contributed by atoms with Gasteiger partial charge >= 0.3 is 0 Å². The van der Waals surface area contributed by atoms with Gasteiger partial charge in [-0.05, 0) is 24.1 Å². The molecule has 3 N–H and O–H groups in total. The SMILES string of the molecule is COCCCNC(=O)CNCc1ccc(O)cc1. The molecule has 0 heterocycles. The van der Waals surface area contributed by atoms with E-state index in [0.29, 0.717) is 19.7 Å². The fourth-order valence-electron chi connectivity index (χ4n) is 1.44.